The van der Waals surface area contributed by atoms with Crippen molar-refractivity contribution in [2.24, 2.45) is 17.8 Å². The van der Waals surface area contributed by atoms with E-state index in [2.05, 4.69) is 0 Å². The van der Waals surface area contributed by atoms with Crippen LogP contribution in [0.3, 0.4) is 0 Å². The molecule has 4 rings (SSSR count). The predicted molar refractivity (Wildman–Crippen MR) is 134 cm³/mol. The lowest BCUT2D eigenvalue weighted by molar-refractivity contribution is -0.156. The third-order valence-electron chi connectivity index (χ3n) is 6.79. The number of hydrogen-bond donors (Lipinski definition) is 0. The molecule has 0 bridgehead atoms. The van der Waals surface area contributed by atoms with Gasteiger partial charge >= 0.3 is 0 Å². The Bertz CT molecular complexity index is 1140. The highest BCUT2D eigenvalue weighted by atomic mass is 35.5. The monoisotopic (exact) mass is 534 g/mol. The molecular formula is C26H25Cl3N2O4. The molecule has 1 aliphatic heterocycles. The summed E-state index contributed by atoms with van der Waals surface area (Å²) in [5, 5.41) is 2.81. The summed E-state index contributed by atoms with van der Waals surface area (Å²) in [6.45, 7) is 2.05. The quantitative estimate of drug-likeness (QED) is 0.261. The number of carbonyl (C=O) groups excluding carboxylic acids is 4. The molecule has 2 aromatic carbocycles. The molecule has 1 aliphatic carbocycles. The van der Waals surface area contributed by atoms with Gasteiger partial charge in [-0.25, -0.2) is 5.01 Å². The van der Waals surface area contributed by atoms with E-state index < -0.39 is 41.4 Å². The topological polar surface area (TPSA) is 74.8 Å². The van der Waals surface area contributed by atoms with Crippen LogP contribution < -0.4 is 0 Å². The molecule has 1 heterocycles. The molecule has 0 unspecified atom stereocenters. The van der Waals surface area contributed by atoms with Gasteiger partial charge in [0, 0.05) is 27.1 Å². The minimum atomic E-state index is -1.16. The van der Waals surface area contributed by atoms with Crippen LogP contribution in [0.15, 0.2) is 48.5 Å². The lowest BCUT2D eigenvalue weighted by Gasteiger charge is -2.36. The molecule has 6 nitrogen and oxygen atoms in total. The van der Waals surface area contributed by atoms with Crippen LogP contribution in [0.2, 0.25) is 10.0 Å². The van der Waals surface area contributed by atoms with Gasteiger partial charge in [0.15, 0.2) is 5.78 Å². The second-order valence-corrected chi connectivity index (χ2v) is 10.4. The summed E-state index contributed by atoms with van der Waals surface area (Å²) in [6, 6.07) is 11.2. The van der Waals surface area contributed by atoms with Crippen molar-refractivity contribution in [1.82, 2.24) is 10.0 Å². The maximum Gasteiger partial charge on any atom is 0.273 e. The third kappa shape index (κ3) is 5.11. The van der Waals surface area contributed by atoms with Gasteiger partial charge in [0.1, 0.15) is 6.04 Å². The number of hydrazine groups is 1. The Balaban J connectivity index is 1.79. The van der Waals surface area contributed by atoms with Crippen LogP contribution in [0.25, 0.3) is 0 Å². The molecule has 2 aromatic rings. The van der Waals surface area contributed by atoms with Gasteiger partial charge in [-0.15, -0.1) is 11.6 Å². The normalized spacial score (nSPS) is 22.6. The van der Waals surface area contributed by atoms with Crippen LogP contribution in [0.1, 0.15) is 53.3 Å². The second-order valence-electron chi connectivity index (χ2n) is 9.14. The lowest BCUT2D eigenvalue weighted by atomic mass is 9.76. The summed E-state index contributed by atoms with van der Waals surface area (Å²) in [5.41, 5.74) is 0.491. The number of imide groups is 1. The molecule has 0 radical (unpaired) electrons. The lowest BCUT2D eigenvalue weighted by Crippen LogP contribution is -2.57. The van der Waals surface area contributed by atoms with E-state index in [1.54, 1.807) is 36.4 Å². The Labute approximate surface area is 219 Å². The highest BCUT2D eigenvalue weighted by Crippen LogP contribution is 2.42. The van der Waals surface area contributed by atoms with E-state index in [1.807, 2.05) is 6.92 Å². The smallest absolute Gasteiger partial charge is 0.273 e. The molecule has 2 fully saturated rings. The molecule has 1 saturated carbocycles. The van der Waals surface area contributed by atoms with Gasteiger partial charge in [-0.05, 0) is 80.1 Å². The second kappa shape index (κ2) is 10.7. The van der Waals surface area contributed by atoms with Crippen molar-refractivity contribution in [3.05, 3.63) is 69.7 Å². The number of amides is 3. The van der Waals surface area contributed by atoms with Crippen molar-refractivity contribution >= 4 is 58.3 Å². The predicted octanol–water partition coefficient (Wildman–Crippen LogP) is 5.65. The highest BCUT2D eigenvalue weighted by Gasteiger charge is 2.54. The van der Waals surface area contributed by atoms with Crippen LogP contribution in [0, 0.1) is 17.8 Å². The number of hydrogen-bond acceptors (Lipinski definition) is 4. The Morgan fingerprint density at radius 2 is 1.46 bits per heavy atom. The molecule has 3 amide bonds. The average molecular weight is 536 g/mol. The van der Waals surface area contributed by atoms with Gasteiger partial charge in [-0.2, -0.15) is 5.01 Å². The number of rotatable bonds is 7. The zero-order chi connectivity index (χ0) is 25.3. The maximum absolute atomic E-state index is 13.8. The van der Waals surface area contributed by atoms with Crippen molar-refractivity contribution in [1.29, 1.82) is 0 Å². The Morgan fingerprint density at radius 3 is 2.03 bits per heavy atom. The molecule has 184 valence electrons. The zero-order valence-electron chi connectivity index (χ0n) is 19.1. The summed E-state index contributed by atoms with van der Waals surface area (Å²) >= 11 is 18.0. The number of ketones is 1. The minimum absolute atomic E-state index is 0.0362. The molecule has 0 aromatic heterocycles. The third-order valence-corrected chi connectivity index (χ3v) is 7.51. The van der Waals surface area contributed by atoms with Crippen molar-refractivity contribution in [2.45, 2.75) is 38.6 Å². The molecule has 9 heteroatoms. The first-order valence-corrected chi connectivity index (χ1v) is 12.8. The highest BCUT2D eigenvalue weighted by molar-refractivity contribution is 6.31. The molecule has 1 saturated heterocycles. The van der Waals surface area contributed by atoms with Crippen molar-refractivity contribution < 1.29 is 19.2 Å². The van der Waals surface area contributed by atoms with E-state index in [9.17, 15) is 19.2 Å². The first-order chi connectivity index (χ1) is 16.7. The SMILES string of the molecule is C[C@@H]1CC[C@@H]2C(=O)N(N(C(=O)c3ccc(Cl)cc3)[C@H](CCCl)C(=O)c3ccc(Cl)cc3)C(=O)[C@@H]2C1. The number of alkyl halides is 1. The molecule has 4 atom stereocenters. The summed E-state index contributed by atoms with van der Waals surface area (Å²) in [4.78, 5) is 54.6. The van der Waals surface area contributed by atoms with Crippen LogP contribution in [-0.4, -0.2) is 45.4 Å². The fraction of sp³-hybridized carbons (Fsp3) is 0.385. The Morgan fingerprint density at radius 1 is 0.914 bits per heavy atom. The fourth-order valence-electron chi connectivity index (χ4n) is 4.96. The maximum atomic E-state index is 13.8. The Kier molecular flexibility index (Phi) is 7.84. The summed E-state index contributed by atoms with van der Waals surface area (Å²) in [5.74, 6) is -2.65. The van der Waals surface area contributed by atoms with E-state index in [0.717, 1.165) is 16.4 Å². The zero-order valence-corrected chi connectivity index (χ0v) is 21.4. The minimum Gasteiger partial charge on any atom is -0.292 e. The fourth-order valence-corrected chi connectivity index (χ4v) is 5.41. The molecule has 2 aliphatic rings. The van der Waals surface area contributed by atoms with Gasteiger partial charge in [0.05, 0.1) is 11.8 Å². The van der Waals surface area contributed by atoms with E-state index >= 15 is 0 Å². The van der Waals surface area contributed by atoms with Gasteiger partial charge in [0.25, 0.3) is 17.7 Å². The largest absolute Gasteiger partial charge is 0.292 e. The number of Topliss-reactive ketones (excluding diaryl/α,β-unsaturated/α-hetero) is 1. The van der Waals surface area contributed by atoms with Crippen molar-refractivity contribution in [3.8, 4) is 0 Å². The average Bonchev–Trinajstić information content (AvgIpc) is 3.08. The van der Waals surface area contributed by atoms with E-state index in [4.69, 9.17) is 34.8 Å². The number of carbonyl (C=O) groups is 4. The molecule has 0 N–H and O–H groups in total. The van der Waals surface area contributed by atoms with Gasteiger partial charge < -0.3 is 0 Å². The standard InChI is InChI=1S/C26H25Cl3N2O4/c1-15-2-11-20-21(14-15)26(35)31(25(20)34)30(24(33)17-5-9-19(29)10-6-17)22(12-13-27)23(32)16-3-7-18(28)8-4-16/h3-10,15,20-22H,2,11-14H2,1H3/t15-,20+,21-,22-/m1/s1. The van der Waals surface area contributed by atoms with Crippen molar-refractivity contribution in [3.63, 3.8) is 0 Å². The van der Waals surface area contributed by atoms with Crippen LogP contribution in [0.4, 0.5) is 0 Å². The van der Waals surface area contributed by atoms with Gasteiger partial charge in [-0.1, -0.05) is 30.1 Å². The first-order valence-electron chi connectivity index (χ1n) is 11.6. The Hall–Kier alpha value is -2.41. The van der Waals surface area contributed by atoms with E-state index in [0.29, 0.717) is 34.4 Å². The first kappa shape index (κ1) is 25.7. The van der Waals surface area contributed by atoms with Crippen LogP contribution >= 0.6 is 34.8 Å². The number of halogens is 3. The van der Waals surface area contributed by atoms with Gasteiger partial charge in [0.2, 0.25) is 0 Å². The van der Waals surface area contributed by atoms with Crippen molar-refractivity contribution in [2.75, 3.05) is 5.88 Å². The molecular weight excluding hydrogens is 511 g/mol. The van der Waals surface area contributed by atoms with E-state index in [1.165, 1.54) is 12.1 Å². The number of fused-ring (bicyclic) bond motifs is 1. The number of nitrogens with zero attached hydrogens (tertiary/aromatic N) is 2. The van der Waals surface area contributed by atoms with Crippen LogP contribution in [0.5, 0.6) is 0 Å². The van der Waals surface area contributed by atoms with Crippen LogP contribution in [-0.2, 0) is 9.59 Å². The number of benzene rings is 2. The molecule has 0 spiro atoms. The molecule has 35 heavy (non-hydrogen) atoms. The van der Waals surface area contributed by atoms with E-state index in [-0.39, 0.29) is 17.9 Å². The summed E-state index contributed by atoms with van der Waals surface area (Å²) in [6.07, 6.45) is 2.01. The summed E-state index contributed by atoms with van der Waals surface area (Å²) in [7, 11) is 0. The van der Waals surface area contributed by atoms with Gasteiger partial charge in [-0.3, -0.25) is 19.2 Å². The summed E-state index contributed by atoms with van der Waals surface area (Å²) < 4.78 is 0.